The van der Waals surface area contributed by atoms with E-state index in [1.54, 1.807) is 0 Å². The van der Waals surface area contributed by atoms with Crippen molar-refractivity contribution in [2.24, 2.45) is 11.8 Å². The van der Waals surface area contributed by atoms with Crippen molar-refractivity contribution in [3.8, 4) is 0 Å². The number of likely N-dealkylation sites (tertiary alicyclic amines) is 1. The molecule has 4 nitrogen and oxygen atoms in total. The van der Waals surface area contributed by atoms with Crippen LogP contribution in [0.3, 0.4) is 0 Å². The van der Waals surface area contributed by atoms with Crippen LogP contribution in [0.15, 0.2) is 0 Å². The molecule has 0 aromatic heterocycles. The smallest absolute Gasteiger partial charge is 0.320 e. The Balaban J connectivity index is 2.32. The summed E-state index contributed by atoms with van der Waals surface area (Å²) in [6.45, 7) is 7.21. The summed E-state index contributed by atoms with van der Waals surface area (Å²) >= 11 is 0. The van der Waals surface area contributed by atoms with Gasteiger partial charge < -0.3 is 15.3 Å². The number of aliphatic carboxylic acids is 1. The van der Waals surface area contributed by atoms with E-state index in [0.717, 1.165) is 13.1 Å². The van der Waals surface area contributed by atoms with Crippen LogP contribution in [0.5, 0.6) is 0 Å². The fourth-order valence-corrected chi connectivity index (χ4v) is 2.49. The molecule has 0 saturated carbocycles. The Hall–Kier alpha value is -0.610. The van der Waals surface area contributed by atoms with Crippen molar-refractivity contribution in [2.75, 3.05) is 26.7 Å². The molecule has 2 unspecified atom stereocenters. The Labute approximate surface area is 104 Å². The lowest BCUT2D eigenvalue weighted by Gasteiger charge is -2.30. The quantitative estimate of drug-likeness (QED) is 0.739. The largest absolute Gasteiger partial charge is 0.480 e. The van der Waals surface area contributed by atoms with Crippen LogP contribution in [0, 0.1) is 11.8 Å². The SMILES string of the molecule is CC(C)CC(NCC1CCCN(C)C1)C(=O)O. The molecule has 1 aliphatic heterocycles. The van der Waals surface area contributed by atoms with Gasteiger partial charge in [-0.05, 0) is 51.2 Å². The highest BCUT2D eigenvalue weighted by atomic mass is 16.4. The van der Waals surface area contributed by atoms with E-state index in [-0.39, 0.29) is 6.04 Å². The second-order valence-corrected chi connectivity index (χ2v) is 5.70. The van der Waals surface area contributed by atoms with Gasteiger partial charge in [-0.1, -0.05) is 13.8 Å². The van der Waals surface area contributed by atoms with Crippen molar-refractivity contribution in [2.45, 2.75) is 39.2 Å². The summed E-state index contributed by atoms with van der Waals surface area (Å²) in [5.41, 5.74) is 0. The highest BCUT2D eigenvalue weighted by molar-refractivity contribution is 5.73. The number of hydrogen-bond donors (Lipinski definition) is 2. The van der Waals surface area contributed by atoms with Gasteiger partial charge in [0.2, 0.25) is 0 Å². The summed E-state index contributed by atoms with van der Waals surface area (Å²) in [7, 11) is 2.13. The van der Waals surface area contributed by atoms with E-state index in [1.807, 2.05) is 0 Å². The first-order valence-corrected chi connectivity index (χ1v) is 6.63. The Morgan fingerprint density at radius 3 is 2.76 bits per heavy atom. The van der Waals surface area contributed by atoms with Gasteiger partial charge in [-0.15, -0.1) is 0 Å². The summed E-state index contributed by atoms with van der Waals surface area (Å²) in [5, 5.41) is 12.3. The molecule has 17 heavy (non-hydrogen) atoms. The molecule has 0 aromatic rings. The van der Waals surface area contributed by atoms with Gasteiger partial charge in [-0.25, -0.2) is 0 Å². The summed E-state index contributed by atoms with van der Waals surface area (Å²) in [5.74, 6) is 0.295. The first kappa shape index (κ1) is 14.5. The lowest BCUT2D eigenvalue weighted by Crippen LogP contribution is -2.44. The minimum atomic E-state index is -0.720. The first-order valence-electron chi connectivity index (χ1n) is 6.63. The van der Waals surface area contributed by atoms with E-state index >= 15 is 0 Å². The number of rotatable bonds is 6. The molecule has 1 aliphatic rings. The number of carbonyl (C=O) groups is 1. The zero-order valence-corrected chi connectivity index (χ0v) is 11.3. The van der Waals surface area contributed by atoms with E-state index in [1.165, 1.54) is 19.4 Å². The van der Waals surface area contributed by atoms with E-state index in [0.29, 0.717) is 18.3 Å². The molecule has 1 heterocycles. The standard InChI is InChI=1S/C13H26N2O2/c1-10(2)7-12(13(16)17)14-8-11-5-4-6-15(3)9-11/h10-12,14H,4-9H2,1-3H3,(H,16,17). The summed E-state index contributed by atoms with van der Waals surface area (Å²) < 4.78 is 0. The predicted octanol–water partition coefficient (Wildman–Crippen LogP) is 1.42. The van der Waals surface area contributed by atoms with Crippen LogP contribution in [0.2, 0.25) is 0 Å². The van der Waals surface area contributed by atoms with Crippen LogP contribution in [0.4, 0.5) is 0 Å². The molecule has 0 spiro atoms. The van der Waals surface area contributed by atoms with E-state index < -0.39 is 5.97 Å². The van der Waals surface area contributed by atoms with Gasteiger partial charge in [-0.2, -0.15) is 0 Å². The minimum absolute atomic E-state index is 0.387. The summed E-state index contributed by atoms with van der Waals surface area (Å²) in [6.07, 6.45) is 3.15. The van der Waals surface area contributed by atoms with E-state index in [2.05, 4.69) is 31.1 Å². The van der Waals surface area contributed by atoms with Crippen molar-refractivity contribution < 1.29 is 9.90 Å². The van der Waals surface area contributed by atoms with Gasteiger partial charge in [0.1, 0.15) is 6.04 Å². The molecular formula is C13H26N2O2. The molecule has 0 radical (unpaired) electrons. The Bertz CT molecular complexity index is 244. The fourth-order valence-electron chi connectivity index (χ4n) is 2.49. The van der Waals surface area contributed by atoms with Crippen LogP contribution in [-0.2, 0) is 4.79 Å². The highest BCUT2D eigenvalue weighted by Gasteiger charge is 2.22. The van der Waals surface area contributed by atoms with Gasteiger partial charge in [0.25, 0.3) is 0 Å². The first-order chi connectivity index (χ1) is 7.99. The van der Waals surface area contributed by atoms with Crippen LogP contribution < -0.4 is 5.32 Å². The minimum Gasteiger partial charge on any atom is -0.480 e. The highest BCUT2D eigenvalue weighted by Crippen LogP contribution is 2.14. The van der Waals surface area contributed by atoms with Crippen LogP contribution in [-0.4, -0.2) is 48.7 Å². The van der Waals surface area contributed by atoms with Gasteiger partial charge in [0.05, 0.1) is 0 Å². The molecular weight excluding hydrogens is 216 g/mol. The second-order valence-electron chi connectivity index (χ2n) is 5.70. The van der Waals surface area contributed by atoms with Crippen LogP contribution in [0.1, 0.15) is 33.1 Å². The zero-order chi connectivity index (χ0) is 12.8. The Morgan fingerprint density at radius 1 is 1.53 bits per heavy atom. The van der Waals surface area contributed by atoms with Crippen molar-refractivity contribution in [3.05, 3.63) is 0 Å². The third kappa shape index (κ3) is 5.50. The predicted molar refractivity (Wildman–Crippen MR) is 69.1 cm³/mol. The number of piperidine rings is 1. The lowest BCUT2D eigenvalue weighted by atomic mass is 9.97. The van der Waals surface area contributed by atoms with Gasteiger partial charge in [0.15, 0.2) is 0 Å². The molecule has 0 aromatic carbocycles. The molecule has 0 amide bonds. The maximum atomic E-state index is 11.1. The number of carboxylic acid groups (broad SMARTS) is 1. The molecule has 0 aliphatic carbocycles. The van der Waals surface area contributed by atoms with Crippen molar-refractivity contribution in [3.63, 3.8) is 0 Å². The molecule has 1 fully saturated rings. The number of carboxylic acids is 1. The molecule has 1 saturated heterocycles. The van der Waals surface area contributed by atoms with Crippen LogP contribution >= 0.6 is 0 Å². The van der Waals surface area contributed by atoms with Gasteiger partial charge >= 0.3 is 5.97 Å². The maximum Gasteiger partial charge on any atom is 0.320 e. The lowest BCUT2D eigenvalue weighted by molar-refractivity contribution is -0.140. The third-order valence-corrected chi connectivity index (χ3v) is 3.38. The molecule has 0 bridgehead atoms. The van der Waals surface area contributed by atoms with Crippen molar-refractivity contribution >= 4 is 5.97 Å². The molecule has 2 atom stereocenters. The average Bonchev–Trinajstić information content (AvgIpc) is 2.23. The van der Waals surface area contributed by atoms with Gasteiger partial charge in [0, 0.05) is 6.54 Å². The number of nitrogens with zero attached hydrogens (tertiary/aromatic N) is 1. The summed E-state index contributed by atoms with van der Waals surface area (Å²) in [4.78, 5) is 13.4. The average molecular weight is 242 g/mol. The number of hydrogen-bond acceptors (Lipinski definition) is 3. The van der Waals surface area contributed by atoms with Crippen molar-refractivity contribution in [1.82, 2.24) is 10.2 Å². The van der Waals surface area contributed by atoms with Crippen molar-refractivity contribution in [1.29, 1.82) is 0 Å². The number of nitrogens with one attached hydrogen (secondary N) is 1. The topological polar surface area (TPSA) is 52.6 Å². The maximum absolute atomic E-state index is 11.1. The molecule has 4 heteroatoms. The van der Waals surface area contributed by atoms with E-state index in [9.17, 15) is 4.79 Å². The normalized spacial score (nSPS) is 23.9. The van der Waals surface area contributed by atoms with Gasteiger partial charge in [-0.3, -0.25) is 4.79 Å². The second kappa shape index (κ2) is 6.97. The Kier molecular flexibility index (Phi) is 5.92. The monoisotopic (exact) mass is 242 g/mol. The molecule has 2 N–H and O–H groups in total. The Morgan fingerprint density at radius 2 is 2.24 bits per heavy atom. The third-order valence-electron chi connectivity index (χ3n) is 3.38. The molecule has 1 rings (SSSR count). The fraction of sp³-hybridized carbons (Fsp3) is 0.923. The zero-order valence-electron chi connectivity index (χ0n) is 11.3. The van der Waals surface area contributed by atoms with Crippen LogP contribution in [0.25, 0.3) is 0 Å². The summed E-state index contributed by atoms with van der Waals surface area (Å²) in [6, 6.07) is -0.387. The van der Waals surface area contributed by atoms with E-state index in [4.69, 9.17) is 5.11 Å². The molecule has 100 valence electrons.